The summed E-state index contributed by atoms with van der Waals surface area (Å²) in [5.41, 5.74) is 0.345. The number of rotatable bonds is 12. The Morgan fingerprint density at radius 1 is 0.630 bits per heavy atom. The smallest absolute Gasteiger partial charge is 0.176 e. The van der Waals surface area contributed by atoms with E-state index in [1.54, 1.807) is 0 Å². The fourth-order valence-corrected chi connectivity index (χ4v) is 3.77. The van der Waals surface area contributed by atoms with Gasteiger partial charge in [0.2, 0.25) is 0 Å². The van der Waals surface area contributed by atoms with Gasteiger partial charge in [0.25, 0.3) is 0 Å². The summed E-state index contributed by atoms with van der Waals surface area (Å²) >= 11 is 0. The Bertz CT molecular complexity index is 640. The Balaban J connectivity index is 2.46. The molecular weight excluding hydrogens is 332 g/mol. The average molecular weight is 365 g/mol. The van der Waals surface area contributed by atoms with Gasteiger partial charge in [-0.2, -0.15) is 0 Å². The van der Waals surface area contributed by atoms with Crippen LogP contribution in [-0.4, -0.2) is 11.6 Å². The lowest BCUT2D eigenvalue weighted by Crippen LogP contribution is -2.40. The van der Waals surface area contributed by atoms with Gasteiger partial charge in [0.05, 0.1) is 5.41 Å². The maximum absolute atomic E-state index is 13.6. The van der Waals surface area contributed by atoms with Gasteiger partial charge in [-0.05, 0) is 12.8 Å². The molecule has 2 rings (SSSR count). The zero-order valence-corrected chi connectivity index (χ0v) is 16.7. The van der Waals surface area contributed by atoms with Gasteiger partial charge in [0, 0.05) is 11.1 Å². The van der Waals surface area contributed by atoms with Crippen LogP contribution in [0.4, 0.5) is 0 Å². The van der Waals surface area contributed by atoms with Crippen molar-refractivity contribution in [3.63, 3.8) is 0 Å². The summed E-state index contributed by atoms with van der Waals surface area (Å²) in [7, 11) is 0. The van der Waals surface area contributed by atoms with E-state index in [9.17, 15) is 9.59 Å². The number of benzene rings is 2. The van der Waals surface area contributed by atoms with Crippen molar-refractivity contribution in [1.82, 2.24) is 0 Å². The van der Waals surface area contributed by atoms with E-state index in [-0.39, 0.29) is 11.6 Å². The van der Waals surface area contributed by atoms with Crippen LogP contribution in [0.25, 0.3) is 0 Å². The summed E-state index contributed by atoms with van der Waals surface area (Å²) in [5.74, 6) is -0.0201. The summed E-state index contributed by atoms with van der Waals surface area (Å²) in [6.07, 6.45) is 7.30. The van der Waals surface area contributed by atoms with Crippen molar-refractivity contribution in [2.45, 2.75) is 65.2 Å². The van der Waals surface area contributed by atoms with Gasteiger partial charge in [-0.1, -0.05) is 113 Å². The monoisotopic (exact) mass is 364 g/mol. The summed E-state index contributed by atoms with van der Waals surface area (Å²) in [5, 5.41) is 0. The first-order chi connectivity index (χ1) is 13.2. The van der Waals surface area contributed by atoms with Crippen LogP contribution >= 0.6 is 0 Å². The number of carbonyl (C=O) groups excluding carboxylic acids is 2. The minimum absolute atomic E-state index is 0.0100. The minimum atomic E-state index is -0.951. The van der Waals surface area contributed by atoms with Gasteiger partial charge in [-0.3, -0.25) is 9.59 Å². The maximum Gasteiger partial charge on any atom is 0.176 e. The van der Waals surface area contributed by atoms with Gasteiger partial charge in [0.1, 0.15) is 0 Å². The third kappa shape index (κ3) is 5.38. The van der Waals surface area contributed by atoms with Crippen LogP contribution in [0.3, 0.4) is 0 Å². The standard InChI is InChI=1S/C25H32O2/c1-3-5-13-19-25(20-14-6-4-2,23(26)21-15-9-7-10-16-21)24(27)22-17-11-8-12-18-22/h7-12,15-18H,3-6,13-14,19-20H2,1-2H3. The number of carbonyl (C=O) groups is 2. The Labute approximate surface area is 164 Å². The SMILES string of the molecule is CCCCCC(CCCCC)(C(=O)c1ccccc1)C(=O)c1ccccc1. The molecule has 2 nitrogen and oxygen atoms in total. The number of hydrogen-bond acceptors (Lipinski definition) is 2. The zero-order valence-electron chi connectivity index (χ0n) is 16.7. The molecule has 0 aliphatic heterocycles. The van der Waals surface area contributed by atoms with Gasteiger partial charge in [-0.25, -0.2) is 0 Å². The normalized spacial score (nSPS) is 11.3. The summed E-state index contributed by atoms with van der Waals surface area (Å²) in [4.78, 5) is 27.3. The molecule has 0 amide bonds. The molecule has 2 aromatic carbocycles. The lowest BCUT2D eigenvalue weighted by Gasteiger charge is -2.31. The summed E-state index contributed by atoms with van der Waals surface area (Å²) in [6.45, 7) is 4.30. The van der Waals surface area contributed by atoms with Crippen LogP contribution in [0.2, 0.25) is 0 Å². The molecule has 0 aliphatic rings. The van der Waals surface area contributed by atoms with Crippen LogP contribution in [0.1, 0.15) is 85.9 Å². The van der Waals surface area contributed by atoms with Gasteiger partial charge in [-0.15, -0.1) is 0 Å². The Morgan fingerprint density at radius 3 is 1.33 bits per heavy atom. The van der Waals surface area contributed by atoms with E-state index in [1.165, 1.54) is 0 Å². The van der Waals surface area contributed by atoms with Gasteiger partial charge < -0.3 is 0 Å². The molecular formula is C25H32O2. The van der Waals surface area contributed by atoms with E-state index in [0.29, 0.717) is 24.0 Å². The zero-order chi connectivity index (χ0) is 19.5. The van der Waals surface area contributed by atoms with Crippen LogP contribution in [-0.2, 0) is 0 Å². The Hall–Kier alpha value is -2.22. The van der Waals surface area contributed by atoms with Gasteiger partial charge >= 0.3 is 0 Å². The molecule has 0 saturated carbocycles. The molecule has 0 aromatic heterocycles. The lowest BCUT2D eigenvalue weighted by atomic mass is 9.68. The largest absolute Gasteiger partial charge is 0.293 e. The summed E-state index contributed by atoms with van der Waals surface area (Å²) in [6, 6.07) is 18.7. The molecule has 2 heteroatoms. The second-order valence-electron chi connectivity index (χ2n) is 7.39. The highest BCUT2D eigenvalue weighted by Gasteiger charge is 2.44. The van der Waals surface area contributed by atoms with Crippen molar-refractivity contribution in [2.24, 2.45) is 5.41 Å². The predicted molar refractivity (Wildman–Crippen MR) is 112 cm³/mol. The summed E-state index contributed by atoms with van der Waals surface area (Å²) < 4.78 is 0. The highest BCUT2D eigenvalue weighted by molar-refractivity contribution is 6.19. The van der Waals surface area contributed by atoms with E-state index in [2.05, 4.69) is 13.8 Å². The second kappa shape index (κ2) is 10.8. The van der Waals surface area contributed by atoms with E-state index in [4.69, 9.17) is 0 Å². The Kier molecular flexibility index (Phi) is 8.44. The molecule has 0 radical (unpaired) electrons. The molecule has 27 heavy (non-hydrogen) atoms. The topological polar surface area (TPSA) is 34.1 Å². The van der Waals surface area contributed by atoms with Crippen molar-refractivity contribution in [3.8, 4) is 0 Å². The third-order valence-corrected chi connectivity index (χ3v) is 5.36. The van der Waals surface area contributed by atoms with Crippen molar-refractivity contribution in [2.75, 3.05) is 0 Å². The van der Waals surface area contributed by atoms with Crippen LogP contribution in [0.15, 0.2) is 60.7 Å². The van der Waals surface area contributed by atoms with E-state index in [1.807, 2.05) is 60.7 Å². The van der Waals surface area contributed by atoms with E-state index in [0.717, 1.165) is 38.5 Å². The molecule has 0 spiro atoms. The van der Waals surface area contributed by atoms with Crippen molar-refractivity contribution < 1.29 is 9.59 Å². The fraction of sp³-hybridized carbons (Fsp3) is 0.440. The van der Waals surface area contributed by atoms with Crippen LogP contribution < -0.4 is 0 Å². The van der Waals surface area contributed by atoms with Crippen LogP contribution in [0, 0.1) is 5.41 Å². The highest BCUT2D eigenvalue weighted by atomic mass is 16.2. The third-order valence-electron chi connectivity index (χ3n) is 5.36. The second-order valence-corrected chi connectivity index (χ2v) is 7.39. The molecule has 0 unspecified atom stereocenters. The number of Topliss-reactive ketones (excluding diaryl/α,β-unsaturated/α-hetero) is 2. The highest BCUT2D eigenvalue weighted by Crippen LogP contribution is 2.39. The molecule has 0 saturated heterocycles. The van der Waals surface area contributed by atoms with Crippen molar-refractivity contribution >= 4 is 11.6 Å². The molecule has 0 bridgehead atoms. The van der Waals surface area contributed by atoms with Crippen molar-refractivity contribution in [1.29, 1.82) is 0 Å². The fourth-order valence-electron chi connectivity index (χ4n) is 3.77. The van der Waals surface area contributed by atoms with E-state index < -0.39 is 5.41 Å². The van der Waals surface area contributed by atoms with Gasteiger partial charge in [0.15, 0.2) is 11.6 Å². The maximum atomic E-state index is 13.6. The first-order valence-corrected chi connectivity index (χ1v) is 10.4. The molecule has 0 N–H and O–H groups in total. The predicted octanol–water partition coefficient (Wildman–Crippen LogP) is 6.90. The minimum Gasteiger partial charge on any atom is -0.293 e. The molecule has 0 aliphatic carbocycles. The average Bonchev–Trinajstić information content (AvgIpc) is 2.73. The molecule has 144 valence electrons. The molecule has 0 heterocycles. The van der Waals surface area contributed by atoms with E-state index >= 15 is 0 Å². The number of hydrogen-bond donors (Lipinski definition) is 0. The number of unbranched alkanes of at least 4 members (excludes halogenated alkanes) is 4. The lowest BCUT2D eigenvalue weighted by molar-refractivity contribution is 0.0619. The quantitative estimate of drug-likeness (QED) is 0.233. The molecule has 2 aromatic rings. The first kappa shape index (κ1) is 21.1. The molecule has 0 fully saturated rings. The van der Waals surface area contributed by atoms with Crippen molar-refractivity contribution in [3.05, 3.63) is 71.8 Å². The van der Waals surface area contributed by atoms with Crippen LogP contribution in [0.5, 0.6) is 0 Å². The Morgan fingerprint density at radius 2 is 1.00 bits per heavy atom. The first-order valence-electron chi connectivity index (χ1n) is 10.4. The molecule has 0 atom stereocenters. The number of ketones is 2.